The van der Waals surface area contributed by atoms with Gasteiger partial charge < -0.3 is 9.64 Å². The van der Waals surface area contributed by atoms with Crippen LogP contribution < -0.4 is 4.74 Å². The van der Waals surface area contributed by atoms with Crippen molar-refractivity contribution in [3.05, 3.63) is 47.5 Å². The van der Waals surface area contributed by atoms with Crippen molar-refractivity contribution in [2.45, 2.75) is 19.3 Å². The molecule has 24 heavy (non-hydrogen) atoms. The van der Waals surface area contributed by atoms with E-state index in [-0.39, 0.29) is 11.5 Å². The standard InChI is InChI=1S/C20H20N2O2/c1-24-19-10-9-15-7-3-4-8-17(15)18(19)13-16(14-21)20(23)22-11-5-2-6-12-22/h3-4,7-10,13H,2,5-6,11-12H2,1H3. The maximum atomic E-state index is 12.7. The number of hydrogen-bond donors (Lipinski definition) is 0. The van der Waals surface area contributed by atoms with E-state index >= 15 is 0 Å². The van der Waals surface area contributed by atoms with Crippen molar-refractivity contribution in [3.8, 4) is 11.8 Å². The number of fused-ring (bicyclic) bond motifs is 1. The number of nitriles is 1. The number of carbonyl (C=O) groups excluding carboxylic acids is 1. The van der Waals surface area contributed by atoms with Crippen LogP contribution in [0.1, 0.15) is 24.8 Å². The van der Waals surface area contributed by atoms with Crippen LogP contribution in [0.4, 0.5) is 0 Å². The second kappa shape index (κ2) is 7.18. The Labute approximate surface area is 141 Å². The summed E-state index contributed by atoms with van der Waals surface area (Å²) in [5.74, 6) is 0.472. The van der Waals surface area contributed by atoms with Crippen LogP contribution in [0.5, 0.6) is 5.75 Å². The number of rotatable bonds is 3. The summed E-state index contributed by atoms with van der Waals surface area (Å²) in [5, 5.41) is 11.5. The van der Waals surface area contributed by atoms with Crippen molar-refractivity contribution in [2.75, 3.05) is 20.2 Å². The summed E-state index contributed by atoms with van der Waals surface area (Å²) in [6.45, 7) is 1.45. The summed E-state index contributed by atoms with van der Waals surface area (Å²) in [6.07, 6.45) is 4.81. The highest BCUT2D eigenvalue weighted by molar-refractivity contribution is 6.05. The number of piperidine rings is 1. The molecule has 0 spiro atoms. The molecule has 1 heterocycles. The molecule has 0 N–H and O–H groups in total. The fraction of sp³-hybridized carbons (Fsp3) is 0.300. The number of amides is 1. The van der Waals surface area contributed by atoms with Crippen molar-refractivity contribution in [1.82, 2.24) is 4.90 Å². The molecule has 0 bridgehead atoms. The first-order valence-electron chi connectivity index (χ1n) is 8.21. The Morgan fingerprint density at radius 2 is 1.92 bits per heavy atom. The summed E-state index contributed by atoms with van der Waals surface area (Å²) < 4.78 is 5.45. The third-order valence-electron chi connectivity index (χ3n) is 4.43. The van der Waals surface area contributed by atoms with Gasteiger partial charge in [-0.15, -0.1) is 0 Å². The Kier molecular flexibility index (Phi) is 4.81. The first-order chi connectivity index (χ1) is 11.7. The maximum Gasteiger partial charge on any atom is 0.264 e. The monoisotopic (exact) mass is 320 g/mol. The van der Waals surface area contributed by atoms with E-state index in [4.69, 9.17) is 4.74 Å². The maximum absolute atomic E-state index is 12.7. The minimum absolute atomic E-state index is 0.159. The average molecular weight is 320 g/mol. The van der Waals surface area contributed by atoms with Crippen molar-refractivity contribution in [2.24, 2.45) is 0 Å². The van der Waals surface area contributed by atoms with Gasteiger partial charge in [-0.2, -0.15) is 5.26 Å². The van der Waals surface area contributed by atoms with Gasteiger partial charge in [-0.25, -0.2) is 0 Å². The Morgan fingerprint density at radius 3 is 2.62 bits per heavy atom. The van der Waals surface area contributed by atoms with Gasteiger partial charge >= 0.3 is 0 Å². The molecule has 1 aliphatic rings. The molecule has 0 saturated carbocycles. The van der Waals surface area contributed by atoms with Crippen LogP contribution >= 0.6 is 0 Å². The normalized spacial score (nSPS) is 15.2. The fourth-order valence-corrected chi connectivity index (χ4v) is 3.16. The first-order valence-corrected chi connectivity index (χ1v) is 8.21. The second-order valence-electron chi connectivity index (χ2n) is 5.93. The molecule has 1 fully saturated rings. The van der Waals surface area contributed by atoms with Crippen molar-refractivity contribution in [1.29, 1.82) is 5.26 Å². The summed E-state index contributed by atoms with van der Waals surface area (Å²) in [7, 11) is 1.60. The van der Waals surface area contributed by atoms with Gasteiger partial charge in [0.05, 0.1) is 7.11 Å². The predicted octanol–water partition coefficient (Wildman–Crippen LogP) is 3.77. The van der Waals surface area contributed by atoms with Gasteiger partial charge in [-0.1, -0.05) is 30.3 Å². The van der Waals surface area contributed by atoms with Gasteiger partial charge in [0.1, 0.15) is 17.4 Å². The minimum Gasteiger partial charge on any atom is -0.496 e. The van der Waals surface area contributed by atoms with Crippen LogP contribution in [0.25, 0.3) is 16.8 Å². The summed E-state index contributed by atoms with van der Waals surface area (Å²) in [5.41, 5.74) is 0.934. The largest absolute Gasteiger partial charge is 0.496 e. The van der Waals surface area contributed by atoms with Crippen LogP contribution in [0, 0.1) is 11.3 Å². The van der Waals surface area contributed by atoms with Gasteiger partial charge in [0, 0.05) is 18.7 Å². The van der Waals surface area contributed by atoms with Crippen LogP contribution in [-0.4, -0.2) is 31.0 Å². The number of likely N-dealkylation sites (tertiary alicyclic amines) is 1. The topological polar surface area (TPSA) is 53.3 Å². The average Bonchev–Trinajstić information content (AvgIpc) is 2.66. The zero-order chi connectivity index (χ0) is 16.9. The molecule has 0 radical (unpaired) electrons. The molecule has 1 saturated heterocycles. The third kappa shape index (κ3) is 3.11. The molecular weight excluding hydrogens is 300 g/mol. The predicted molar refractivity (Wildman–Crippen MR) is 94.5 cm³/mol. The van der Waals surface area contributed by atoms with Crippen LogP contribution in [0.15, 0.2) is 42.0 Å². The van der Waals surface area contributed by atoms with Crippen molar-refractivity contribution >= 4 is 22.8 Å². The van der Waals surface area contributed by atoms with E-state index in [2.05, 4.69) is 6.07 Å². The first kappa shape index (κ1) is 16.1. The van der Waals surface area contributed by atoms with Crippen molar-refractivity contribution < 1.29 is 9.53 Å². The van der Waals surface area contributed by atoms with E-state index < -0.39 is 0 Å². The summed E-state index contributed by atoms with van der Waals surface area (Å²) in [4.78, 5) is 14.4. The number of carbonyl (C=O) groups is 1. The van der Waals surface area contributed by atoms with Gasteiger partial charge in [0.25, 0.3) is 5.91 Å². The lowest BCUT2D eigenvalue weighted by molar-refractivity contribution is -0.127. The van der Waals surface area contributed by atoms with Gasteiger partial charge in [0.15, 0.2) is 0 Å². The molecular formula is C20H20N2O2. The van der Waals surface area contributed by atoms with Gasteiger partial charge in [0.2, 0.25) is 0 Å². The zero-order valence-electron chi connectivity index (χ0n) is 13.8. The number of nitrogens with zero attached hydrogens (tertiary/aromatic N) is 2. The molecule has 0 unspecified atom stereocenters. The van der Waals surface area contributed by atoms with E-state index in [9.17, 15) is 10.1 Å². The van der Waals surface area contributed by atoms with Crippen LogP contribution in [-0.2, 0) is 4.79 Å². The lowest BCUT2D eigenvalue weighted by atomic mass is 10.0. The highest BCUT2D eigenvalue weighted by Gasteiger charge is 2.21. The molecule has 0 aromatic heterocycles. The van der Waals surface area contributed by atoms with E-state index in [1.54, 1.807) is 18.1 Å². The van der Waals surface area contributed by atoms with E-state index in [1.165, 1.54) is 0 Å². The molecule has 1 amide bonds. The molecule has 4 heteroatoms. The molecule has 3 rings (SSSR count). The van der Waals surface area contributed by atoms with E-state index in [1.807, 2.05) is 36.4 Å². The fourth-order valence-electron chi connectivity index (χ4n) is 3.16. The quantitative estimate of drug-likeness (QED) is 0.639. The lowest BCUT2D eigenvalue weighted by Crippen LogP contribution is -2.36. The molecule has 0 aliphatic carbocycles. The van der Waals surface area contributed by atoms with E-state index in [0.29, 0.717) is 5.75 Å². The molecule has 2 aromatic carbocycles. The third-order valence-corrected chi connectivity index (χ3v) is 4.43. The Hall–Kier alpha value is -2.80. The molecule has 122 valence electrons. The number of methoxy groups -OCH3 is 1. The SMILES string of the molecule is COc1ccc2ccccc2c1C=C(C#N)C(=O)N1CCCCC1. The van der Waals surface area contributed by atoms with E-state index in [0.717, 1.165) is 48.7 Å². The van der Waals surface area contributed by atoms with Crippen LogP contribution in [0.2, 0.25) is 0 Å². The number of ether oxygens (including phenoxy) is 1. The summed E-state index contributed by atoms with van der Waals surface area (Å²) in [6, 6.07) is 13.8. The molecule has 0 atom stereocenters. The number of hydrogen-bond acceptors (Lipinski definition) is 3. The summed E-state index contributed by atoms with van der Waals surface area (Å²) >= 11 is 0. The number of benzene rings is 2. The van der Waals surface area contributed by atoms with Crippen molar-refractivity contribution in [3.63, 3.8) is 0 Å². The Bertz CT molecular complexity index is 827. The van der Waals surface area contributed by atoms with Crippen LogP contribution in [0.3, 0.4) is 0 Å². The Balaban J connectivity index is 2.06. The van der Waals surface area contributed by atoms with Gasteiger partial charge in [-0.05, 0) is 42.2 Å². The molecule has 4 nitrogen and oxygen atoms in total. The minimum atomic E-state index is -0.188. The zero-order valence-corrected chi connectivity index (χ0v) is 13.8. The highest BCUT2D eigenvalue weighted by Crippen LogP contribution is 2.30. The molecule has 1 aliphatic heterocycles. The highest BCUT2D eigenvalue weighted by atomic mass is 16.5. The second-order valence-corrected chi connectivity index (χ2v) is 5.93. The smallest absolute Gasteiger partial charge is 0.264 e. The Morgan fingerprint density at radius 1 is 1.17 bits per heavy atom. The molecule has 2 aromatic rings. The van der Waals surface area contributed by atoms with Gasteiger partial charge in [-0.3, -0.25) is 4.79 Å². The lowest BCUT2D eigenvalue weighted by Gasteiger charge is -2.26.